The maximum absolute atomic E-state index is 11.4. The number of hydrogen-bond acceptors (Lipinski definition) is 5. The number of benzene rings is 1. The molecular formula is C13H13NO5S. The maximum atomic E-state index is 11.4. The number of fused-ring (bicyclic) bond motifs is 1. The average Bonchev–Trinajstić information content (AvgIpc) is 2.76. The van der Waals surface area contributed by atoms with E-state index in [0.717, 1.165) is 10.1 Å². The van der Waals surface area contributed by atoms with Gasteiger partial charge in [-0.05, 0) is 17.5 Å². The minimum absolute atomic E-state index is 0.553. The van der Waals surface area contributed by atoms with Gasteiger partial charge in [-0.3, -0.25) is 9.59 Å². The zero-order valence-corrected chi connectivity index (χ0v) is 11.7. The number of carbonyl (C=O) groups excluding carboxylic acids is 1. The molecule has 0 aliphatic heterocycles. The van der Waals surface area contributed by atoms with Gasteiger partial charge < -0.3 is 19.9 Å². The molecule has 20 heavy (non-hydrogen) atoms. The third-order valence-corrected chi connectivity index (χ3v) is 3.61. The van der Waals surface area contributed by atoms with Crippen molar-refractivity contribution in [2.45, 2.75) is 6.42 Å². The Hall–Kier alpha value is -2.28. The number of methoxy groups -OCH3 is 2. The second-order valence-electron chi connectivity index (χ2n) is 3.97. The molecule has 7 heteroatoms. The summed E-state index contributed by atoms with van der Waals surface area (Å²) in [7, 11) is 3.10. The number of hydrogen-bond donors (Lipinski definition) is 2. The average molecular weight is 295 g/mol. The van der Waals surface area contributed by atoms with Crippen molar-refractivity contribution in [1.29, 1.82) is 0 Å². The minimum atomic E-state index is -1.16. The Morgan fingerprint density at radius 1 is 1.20 bits per heavy atom. The fourth-order valence-electron chi connectivity index (χ4n) is 1.75. The molecule has 1 heterocycles. The topological polar surface area (TPSA) is 84.9 Å². The first-order valence-electron chi connectivity index (χ1n) is 5.70. The predicted molar refractivity (Wildman–Crippen MR) is 75.8 cm³/mol. The van der Waals surface area contributed by atoms with Crippen molar-refractivity contribution >= 4 is 38.3 Å². The molecule has 2 rings (SSSR count). The van der Waals surface area contributed by atoms with Crippen LogP contribution in [0, 0.1) is 0 Å². The number of carboxylic acid groups (broad SMARTS) is 1. The van der Waals surface area contributed by atoms with E-state index in [0.29, 0.717) is 16.5 Å². The van der Waals surface area contributed by atoms with Crippen LogP contribution in [0.5, 0.6) is 11.5 Å². The third kappa shape index (κ3) is 3.00. The summed E-state index contributed by atoms with van der Waals surface area (Å²) >= 11 is 1.34. The van der Waals surface area contributed by atoms with Gasteiger partial charge in [-0.1, -0.05) is 0 Å². The van der Waals surface area contributed by atoms with E-state index in [1.807, 2.05) is 6.07 Å². The van der Waals surface area contributed by atoms with E-state index in [-0.39, 0.29) is 0 Å². The van der Waals surface area contributed by atoms with E-state index in [1.165, 1.54) is 11.3 Å². The number of carbonyl (C=O) groups is 2. The second kappa shape index (κ2) is 5.79. The highest BCUT2D eigenvalue weighted by Crippen LogP contribution is 2.38. The smallest absolute Gasteiger partial charge is 0.312 e. The van der Waals surface area contributed by atoms with Gasteiger partial charge in [0, 0.05) is 10.8 Å². The summed E-state index contributed by atoms with van der Waals surface area (Å²) in [6, 6.07) is 5.38. The highest BCUT2D eigenvalue weighted by Gasteiger charge is 2.12. The summed E-state index contributed by atoms with van der Waals surface area (Å²) in [5.41, 5.74) is 0. The Morgan fingerprint density at radius 3 is 2.45 bits per heavy atom. The quantitative estimate of drug-likeness (QED) is 0.827. The van der Waals surface area contributed by atoms with E-state index >= 15 is 0 Å². The molecule has 1 amide bonds. The van der Waals surface area contributed by atoms with Crippen molar-refractivity contribution in [3.8, 4) is 11.5 Å². The lowest BCUT2D eigenvalue weighted by Crippen LogP contribution is -2.14. The standard InChI is InChI=1S/C13H13NO5S/c1-18-8-3-7-4-12(14-11(15)6-13(16)17)20-10(7)5-9(8)19-2/h3-5H,6H2,1-2H3,(H,14,15)(H,16,17). The first-order valence-corrected chi connectivity index (χ1v) is 6.52. The van der Waals surface area contributed by atoms with E-state index < -0.39 is 18.3 Å². The first-order chi connectivity index (χ1) is 9.53. The van der Waals surface area contributed by atoms with E-state index in [4.69, 9.17) is 14.6 Å². The molecule has 0 spiro atoms. The number of aliphatic carboxylic acids is 1. The van der Waals surface area contributed by atoms with Crippen LogP contribution < -0.4 is 14.8 Å². The Labute approximate surface area is 118 Å². The lowest BCUT2D eigenvalue weighted by molar-refractivity contribution is -0.139. The summed E-state index contributed by atoms with van der Waals surface area (Å²) in [5, 5.41) is 12.6. The Bertz CT molecular complexity index is 623. The molecule has 0 radical (unpaired) electrons. The molecule has 1 aromatic carbocycles. The minimum Gasteiger partial charge on any atom is -0.493 e. The number of amides is 1. The van der Waals surface area contributed by atoms with Gasteiger partial charge in [-0.25, -0.2) is 0 Å². The molecule has 0 saturated heterocycles. The lowest BCUT2D eigenvalue weighted by atomic mass is 10.2. The number of carboxylic acids is 1. The second-order valence-corrected chi connectivity index (χ2v) is 5.06. The Kier molecular flexibility index (Phi) is 4.09. The van der Waals surface area contributed by atoms with E-state index in [2.05, 4.69) is 5.32 Å². The number of rotatable bonds is 5. The van der Waals surface area contributed by atoms with Crippen molar-refractivity contribution in [3.63, 3.8) is 0 Å². The van der Waals surface area contributed by atoms with Crippen LogP contribution in [0.4, 0.5) is 5.00 Å². The number of anilines is 1. The molecule has 0 aliphatic rings. The van der Waals surface area contributed by atoms with Gasteiger partial charge in [-0.2, -0.15) is 0 Å². The summed E-state index contributed by atoms with van der Waals surface area (Å²) in [6.07, 6.45) is -0.555. The van der Waals surface area contributed by atoms with Crippen molar-refractivity contribution in [1.82, 2.24) is 0 Å². The fourth-order valence-corrected chi connectivity index (χ4v) is 2.74. The normalized spacial score (nSPS) is 10.3. The molecule has 0 unspecified atom stereocenters. The SMILES string of the molecule is COc1cc2cc(NC(=O)CC(=O)O)sc2cc1OC. The van der Waals surface area contributed by atoms with E-state index in [1.54, 1.807) is 26.4 Å². The summed E-state index contributed by atoms with van der Waals surface area (Å²) in [6.45, 7) is 0. The maximum Gasteiger partial charge on any atom is 0.312 e. The summed E-state index contributed by atoms with van der Waals surface area (Å²) < 4.78 is 11.3. The van der Waals surface area contributed by atoms with Gasteiger partial charge in [0.15, 0.2) is 11.5 Å². The van der Waals surface area contributed by atoms with Crippen molar-refractivity contribution < 1.29 is 24.2 Å². The molecule has 2 aromatic rings. The molecule has 0 bridgehead atoms. The van der Waals surface area contributed by atoms with Crippen LogP contribution in [0.1, 0.15) is 6.42 Å². The Balaban J connectivity index is 2.29. The molecule has 106 valence electrons. The third-order valence-electron chi connectivity index (χ3n) is 2.60. The largest absolute Gasteiger partial charge is 0.493 e. The molecule has 0 fully saturated rings. The number of ether oxygens (including phenoxy) is 2. The number of nitrogens with one attached hydrogen (secondary N) is 1. The highest BCUT2D eigenvalue weighted by molar-refractivity contribution is 7.23. The lowest BCUT2D eigenvalue weighted by Gasteiger charge is -2.06. The Morgan fingerprint density at radius 2 is 1.85 bits per heavy atom. The van der Waals surface area contributed by atoms with Crippen LogP contribution in [0.2, 0.25) is 0 Å². The predicted octanol–water partition coefficient (Wildman–Crippen LogP) is 2.33. The van der Waals surface area contributed by atoms with Crippen LogP contribution in [0.3, 0.4) is 0 Å². The number of thiophene rings is 1. The zero-order valence-electron chi connectivity index (χ0n) is 10.9. The molecule has 0 aliphatic carbocycles. The zero-order chi connectivity index (χ0) is 14.7. The molecule has 0 atom stereocenters. The van der Waals surface area contributed by atoms with Crippen LogP contribution >= 0.6 is 11.3 Å². The van der Waals surface area contributed by atoms with Crippen LogP contribution in [0.15, 0.2) is 18.2 Å². The highest BCUT2D eigenvalue weighted by atomic mass is 32.1. The first kappa shape index (κ1) is 14.1. The van der Waals surface area contributed by atoms with E-state index in [9.17, 15) is 9.59 Å². The summed E-state index contributed by atoms with van der Waals surface area (Å²) in [4.78, 5) is 21.9. The fraction of sp³-hybridized carbons (Fsp3) is 0.231. The summed E-state index contributed by atoms with van der Waals surface area (Å²) in [5.74, 6) is -0.513. The molecule has 6 nitrogen and oxygen atoms in total. The van der Waals surface area contributed by atoms with Gasteiger partial charge in [0.05, 0.1) is 19.2 Å². The monoisotopic (exact) mass is 295 g/mol. The van der Waals surface area contributed by atoms with Gasteiger partial charge in [0.25, 0.3) is 0 Å². The molecule has 0 saturated carbocycles. The van der Waals surface area contributed by atoms with Crippen molar-refractivity contribution in [2.75, 3.05) is 19.5 Å². The van der Waals surface area contributed by atoms with Gasteiger partial charge >= 0.3 is 5.97 Å². The van der Waals surface area contributed by atoms with Gasteiger partial charge in [-0.15, -0.1) is 11.3 Å². The van der Waals surface area contributed by atoms with Crippen LogP contribution in [0.25, 0.3) is 10.1 Å². The van der Waals surface area contributed by atoms with Crippen LogP contribution in [-0.2, 0) is 9.59 Å². The van der Waals surface area contributed by atoms with Gasteiger partial charge in [0.1, 0.15) is 6.42 Å². The van der Waals surface area contributed by atoms with Crippen molar-refractivity contribution in [2.24, 2.45) is 0 Å². The van der Waals surface area contributed by atoms with Gasteiger partial charge in [0.2, 0.25) is 5.91 Å². The van der Waals surface area contributed by atoms with Crippen molar-refractivity contribution in [3.05, 3.63) is 18.2 Å². The molecule has 2 N–H and O–H groups in total. The molecule has 1 aromatic heterocycles. The molecular weight excluding hydrogens is 282 g/mol. The van der Waals surface area contributed by atoms with Crippen LogP contribution in [-0.4, -0.2) is 31.2 Å².